The third-order valence-electron chi connectivity index (χ3n) is 5.86. The molecule has 0 aromatic carbocycles. The first-order valence-corrected chi connectivity index (χ1v) is 10.9. The SMILES string of the molecule is Cc1nn(C)c(C)c1/C(O)=C1\C(=O)C(=O)N(CCN2CCOCC2)[C@@H]1c1cccs1. The number of likely N-dealkylation sites (tertiary alicyclic amines) is 1. The molecule has 2 saturated heterocycles. The van der Waals surface area contributed by atoms with E-state index < -0.39 is 17.7 Å². The van der Waals surface area contributed by atoms with Crippen molar-refractivity contribution in [1.29, 1.82) is 0 Å². The molecule has 1 atom stereocenters. The first-order chi connectivity index (χ1) is 14.4. The Bertz CT molecular complexity index is 989. The van der Waals surface area contributed by atoms with Gasteiger partial charge >= 0.3 is 0 Å². The van der Waals surface area contributed by atoms with Crippen LogP contribution in [0.1, 0.15) is 27.9 Å². The minimum absolute atomic E-state index is 0.142. The van der Waals surface area contributed by atoms with Gasteiger partial charge in [-0.05, 0) is 25.3 Å². The average molecular weight is 431 g/mol. The van der Waals surface area contributed by atoms with Crippen molar-refractivity contribution in [3.8, 4) is 0 Å². The fraction of sp³-hybridized carbons (Fsp3) is 0.476. The van der Waals surface area contributed by atoms with Gasteiger partial charge in [-0.2, -0.15) is 5.10 Å². The Labute approximate surface area is 179 Å². The maximum absolute atomic E-state index is 13.1. The number of ketones is 1. The van der Waals surface area contributed by atoms with E-state index in [-0.39, 0.29) is 11.3 Å². The fourth-order valence-corrected chi connectivity index (χ4v) is 5.02. The van der Waals surface area contributed by atoms with Crippen LogP contribution in [0.5, 0.6) is 0 Å². The molecule has 2 aliphatic heterocycles. The van der Waals surface area contributed by atoms with Crippen LogP contribution >= 0.6 is 11.3 Å². The molecule has 9 heteroatoms. The molecule has 0 bridgehead atoms. The lowest BCUT2D eigenvalue weighted by Crippen LogP contribution is -2.42. The van der Waals surface area contributed by atoms with E-state index in [1.54, 1.807) is 23.6 Å². The first-order valence-electron chi connectivity index (χ1n) is 10.0. The summed E-state index contributed by atoms with van der Waals surface area (Å²) in [5, 5.41) is 17.5. The largest absolute Gasteiger partial charge is 0.507 e. The Kier molecular flexibility index (Phi) is 5.77. The van der Waals surface area contributed by atoms with Gasteiger partial charge in [0.15, 0.2) is 0 Å². The molecule has 8 nitrogen and oxygen atoms in total. The molecule has 160 valence electrons. The normalized spacial score (nSPS) is 22.2. The number of hydrogen-bond acceptors (Lipinski definition) is 7. The lowest BCUT2D eigenvalue weighted by atomic mass is 9.99. The maximum atomic E-state index is 13.1. The summed E-state index contributed by atoms with van der Waals surface area (Å²) in [6.45, 7) is 7.65. The van der Waals surface area contributed by atoms with Gasteiger partial charge in [-0.1, -0.05) is 6.07 Å². The number of carbonyl (C=O) groups excluding carboxylic acids is 2. The highest BCUT2D eigenvalue weighted by atomic mass is 32.1. The smallest absolute Gasteiger partial charge is 0.295 e. The number of aliphatic hydroxyl groups excluding tert-OH is 1. The number of rotatable bonds is 5. The van der Waals surface area contributed by atoms with Crippen LogP contribution in [0.2, 0.25) is 0 Å². The molecule has 0 spiro atoms. The van der Waals surface area contributed by atoms with Crippen LogP contribution in [0.15, 0.2) is 23.1 Å². The molecule has 2 aliphatic rings. The number of amides is 1. The van der Waals surface area contributed by atoms with E-state index in [0.29, 0.717) is 37.6 Å². The number of aliphatic hydroxyl groups is 1. The molecule has 0 radical (unpaired) electrons. The quantitative estimate of drug-likeness (QED) is 0.443. The van der Waals surface area contributed by atoms with Crippen LogP contribution in [-0.2, 0) is 21.4 Å². The van der Waals surface area contributed by atoms with Gasteiger partial charge in [0, 0.05) is 43.8 Å². The molecule has 2 aromatic rings. The van der Waals surface area contributed by atoms with Crippen molar-refractivity contribution in [1.82, 2.24) is 19.6 Å². The Morgan fingerprint density at radius 3 is 2.60 bits per heavy atom. The lowest BCUT2D eigenvalue weighted by molar-refractivity contribution is -0.140. The fourth-order valence-electron chi connectivity index (χ4n) is 4.18. The molecule has 2 aromatic heterocycles. The summed E-state index contributed by atoms with van der Waals surface area (Å²) >= 11 is 1.47. The second-order valence-corrected chi connectivity index (χ2v) is 8.61. The Morgan fingerprint density at radius 1 is 1.27 bits per heavy atom. The summed E-state index contributed by atoms with van der Waals surface area (Å²) in [6.07, 6.45) is 0. The summed E-state index contributed by atoms with van der Waals surface area (Å²) in [5.74, 6) is -1.36. The summed E-state index contributed by atoms with van der Waals surface area (Å²) in [7, 11) is 1.79. The number of thiophene rings is 1. The predicted octanol–water partition coefficient (Wildman–Crippen LogP) is 1.85. The second kappa shape index (κ2) is 8.33. The zero-order valence-corrected chi connectivity index (χ0v) is 18.2. The zero-order chi connectivity index (χ0) is 21.4. The van der Waals surface area contributed by atoms with Crippen molar-refractivity contribution in [2.45, 2.75) is 19.9 Å². The van der Waals surface area contributed by atoms with Crippen molar-refractivity contribution in [2.75, 3.05) is 39.4 Å². The van der Waals surface area contributed by atoms with Crippen LogP contribution < -0.4 is 0 Å². The molecule has 1 N–H and O–H groups in total. The molecule has 0 saturated carbocycles. The van der Waals surface area contributed by atoms with Crippen molar-refractivity contribution in [2.24, 2.45) is 7.05 Å². The predicted molar refractivity (Wildman–Crippen MR) is 113 cm³/mol. The van der Waals surface area contributed by atoms with Crippen LogP contribution in [0.25, 0.3) is 5.76 Å². The van der Waals surface area contributed by atoms with Crippen molar-refractivity contribution in [3.63, 3.8) is 0 Å². The molecule has 30 heavy (non-hydrogen) atoms. The Morgan fingerprint density at radius 2 is 2.00 bits per heavy atom. The van der Waals surface area contributed by atoms with Crippen LogP contribution in [0.4, 0.5) is 0 Å². The van der Waals surface area contributed by atoms with Gasteiger partial charge in [0.2, 0.25) is 0 Å². The third kappa shape index (κ3) is 3.57. The Balaban J connectivity index is 1.74. The highest BCUT2D eigenvalue weighted by Gasteiger charge is 2.47. The van der Waals surface area contributed by atoms with E-state index in [1.165, 1.54) is 11.3 Å². The van der Waals surface area contributed by atoms with E-state index in [1.807, 2.05) is 24.4 Å². The average Bonchev–Trinajstić information content (AvgIpc) is 3.41. The first kappa shape index (κ1) is 20.8. The summed E-state index contributed by atoms with van der Waals surface area (Å²) in [5.41, 5.74) is 2.03. The van der Waals surface area contributed by atoms with E-state index in [4.69, 9.17) is 4.74 Å². The third-order valence-corrected chi connectivity index (χ3v) is 6.78. The molecule has 4 heterocycles. The number of nitrogens with zero attached hydrogens (tertiary/aromatic N) is 4. The lowest BCUT2D eigenvalue weighted by Gasteiger charge is -2.30. The highest BCUT2D eigenvalue weighted by Crippen LogP contribution is 2.41. The number of hydrogen-bond donors (Lipinski definition) is 1. The van der Waals surface area contributed by atoms with Crippen LogP contribution in [0.3, 0.4) is 0 Å². The summed E-state index contributed by atoms with van der Waals surface area (Å²) in [6, 6.07) is 3.20. The maximum Gasteiger partial charge on any atom is 0.295 e. The molecular weight excluding hydrogens is 404 g/mol. The molecule has 0 unspecified atom stereocenters. The number of aromatic nitrogens is 2. The van der Waals surface area contributed by atoms with Crippen LogP contribution in [0, 0.1) is 13.8 Å². The summed E-state index contributed by atoms with van der Waals surface area (Å²) in [4.78, 5) is 30.7. The second-order valence-electron chi connectivity index (χ2n) is 7.63. The minimum atomic E-state index is -0.643. The topological polar surface area (TPSA) is 87.9 Å². The monoisotopic (exact) mass is 430 g/mol. The van der Waals surface area contributed by atoms with Gasteiger partial charge in [-0.25, -0.2) is 0 Å². The standard InChI is InChI=1S/C21H26N4O4S/c1-13-16(14(2)23(3)22-13)19(26)17-18(15-5-4-12-30-15)25(21(28)20(17)27)7-6-24-8-10-29-11-9-24/h4-5,12,18,26H,6-11H2,1-3H3/b19-17+/t18-/m1/s1. The van der Waals surface area contributed by atoms with Gasteiger partial charge in [-0.15, -0.1) is 11.3 Å². The van der Waals surface area contributed by atoms with Crippen molar-refractivity contribution < 1.29 is 19.4 Å². The van der Waals surface area contributed by atoms with Gasteiger partial charge in [0.25, 0.3) is 11.7 Å². The Hall–Kier alpha value is -2.49. The zero-order valence-electron chi connectivity index (χ0n) is 17.4. The number of morpholine rings is 1. The number of aryl methyl sites for hydroxylation is 2. The summed E-state index contributed by atoms with van der Waals surface area (Å²) < 4.78 is 7.05. The number of Topliss-reactive ketones (excluding diaryl/α,β-unsaturated/α-hetero) is 1. The van der Waals surface area contributed by atoms with E-state index in [2.05, 4.69) is 10.00 Å². The van der Waals surface area contributed by atoms with E-state index in [9.17, 15) is 14.7 Å². The highest BCUT2D eigenvalue weighted by molar-refractivity contribution is 7.10. The van der Waals surface area contributed by atoms with Gasteiger partial charge in [0.05, 0.1) is 36.1 Å². The molecule has 1 amide bonds. The van der Waals surface area contributed by atoms with Crippen molar-refractivity contribution >= 4 is 28.8 Å². The molecular formula is C21H26N4O4S. The minimum Gasteiger partial charge on any atom is -0.507 e. The molecule has 4 rings (SSSR count). The van der Waals surface area contributed by atoms with Crippen molar-refractivity contribution in [3.05, 3.63) is 44.9 Å². The number of carbonyl (C=O) groups is 2. The molecule has 2 fully saturated rings. The van der Waals surface area contributed by atoms with E-state index in [0.717, 1.165) is 23.7 Å². The molecule has 0 aliphatic carbocycles. The van der Waals surface area contributed by atoms with Gasteiger partial charge in [0.1, 0.15) is 5.76 Å². The number of ether oxygens (including phenoxy) is 1. The van der Waals surface area contributed by atoms with E-state index >= 15 is 0 Å². The van der Waals surface area contributed by atoms with Gasteiger partial charge in [-0.3, -0.25) is 19.2 Å². The van der Waals surface area contributed by atoms with Crippen LogP contribution in [-0.4, -0.2) is 75.8 Å². The van der Waals surface area contributed by atoms with Gasteiger partial charge < -0.3 is 14.7 Å².